The molecule has 0 aliphatic rings. The minimum atomic E-state index is -1.25. The van der Waals surface area contributed by atoms with Gasteiger partial charge in [0.1, 0.15) is 17.6 Å². The van der Waals surface area contributed by atoms with Gasteiger partial charge in [0.15, 0.2) is 0 Å². The van der Waals surface area contributed by atoms with Gasteiger partial charge >= 0.3 is 5.97 Å². The van der Waals surface area contributed by atoms with Gasteiger partial charge in [-0.05, 0) is 14.1 Å². The van der Waals surface area contributed by atoms with Crippen LogP contribution < -0.4 is 5.32 Å². The van der Waals surface area contributed by atoms with E-state index >= 15 is 0 Å². The molecule has 1 aromatic rings. The van der Waals surface area contributed by atoms with Crippen LogP contribution in [0.25, 0.3) is 0 Å². The van der Waals surface area contributed by atoms with Gasteiger partial charge in [0.25, 0.3) is 5.69 Å². The Morgan fingerprint density at radius 2 is 2.28 bits per heavy atom. The molecule has 1 heterocycles. The molecule has 2 N–H and O–H groups in total. The minimum absolute atomic E-state index is 0.134. The number of nitro groups is 1. The molecule has 0 radical (unpaired) electrons. The van der Waals surface area contributed by atoms with Gasteiger partial charge in [-0.1, -0.05) is 0 Å². The predicted octanol–water partition coefficient (Wildman–Crippen LogP) is 0.661. The third kappa shape index (κ3) is 3.67. The number of hydrogen-bond acceptors (Lipinski definition) is 6. The van der Waals surface area contributed by atoms with Crippen LogP contribution in [0.5, 0.6) is 0 Å². The molecular formula is C10H14N4O4. The fraction of sp³-hybridized carbons (Fsp3) is 0.400. The maximum absolute atomic E-state index is 11.0. The van der Waals surface area contributed by atoms with Gasteiger partial charge in [-0.15, -0.1) is 0 Å². The molecule has 0 aliphatic carbocycles. The van der Waals surface area contributed by atoms with Crippen LogP contribution in [-0.2, 0) is 0 Å². The van der Waals surface area contributed by atoms with E-state index in [1.807, 2.05) is 19.0 Å². The van der Waals surface area contributed by atoms with Gasteiger partial charge < -0.3 is 15.3 Å². The second-order valence-corrected chi connectivity index (χ2v) is 3.88. The molecule has 0 spiro atoms. The Labute approximate surface area is 103 Å². The van der Waals surface area contributed by atoms with E-state index < -0.39 is 10.9 Å². The number of hydrogen-bond donors (Lipinski definition) is 2. The summed E-state index contributed by atoms with van der Waals surface area (Å²) >= 11 is 0. The summed E-state index contributed by atoms with van der Waals surface area (Å²) in [5.41, 5.74) is -0.548. The first-order valence-corrected chi connectivity index (χ1v) is 5.18. The first kappa shape index (κ1) is 13.8. The highest BCUT2D eigenvalue weighted by atomic mass is 16.6. The van der Waals surface area contributed by atoms with E-state index in [-0.39, 0.29) is 17.1 Å². The summed E-state index contributed by atoms with van der Waals surface area (Å²) in [5.74, 6) is -1.12. The molecule has 0 amide bonds. The quantitative estimate of drug-likeness (QED) is 0.567. The molecule has 98 valence electrons. The number of aromatic nitrogens is 1. The molecule has 0 bridgehead atoms. The number of nitrogens with zero attached hydrogens (tertiary/aromatic N) is 3. The highest BCUT2D eigenvalue weighted by Crippen LogP contribution is 2.18. The summed E-state index contributed by atoms with van der Waals surface area (Å²) in [7, 11) is 3.76. The van der Waals surface area contributed by atoms with Gasteiger partial charge in [0.05, 0.1) is 4.92 Å². The molecule has 18 heavy (non-hydrogen) atoms. The van der Waals surface area contributed by atoms with E-state index in [2.05, 4.69) is 10.3 Å². The topological polar surface area (TPSA) is 109 Å². The Kier molecular flexibility index (Phi) is 4.55. The van der Waals surface area contributed by atoms with Crippen molar-refractivity contribution in [2.45, 2.75) is 0 Å². The lowest BCUT2D eigenvalue weighted by atomic mass is 10.2. The number of carboxylic acid groups (broad SMARTS) is 1. The fourth-order valence-corrected chi connectivity index (χ4v) is 1.26. The maximum atomic E-state index is 11.0. The Morgan fingerprint density at radius 3 is 2.78 bits per heavy atom. The first-order chi connectivity index (χ1) is 8.41. The molecule has 0 aromatic carbocycles. The Balaban J connectivity index is 2.90. The molecular weight excluding hydrogens is 240 g/mol. The molecule has 0 atom stereocenters. The highest BCUT2D eigenvalue weighted by molar-refractivity contribution is 5.93. The molecule has 1 aromatic heterocycles. The van der Waals surface area contributed by atoms with Crippen LogP contribution in [0.15, 0.2) is 12.3 Å². The van der Waals surface area contributed by atoms with Crippen molar-refractivity contribution < 1.29 is 14.8 Å². The summed E-state index contributed by atoms with van der Waals surface area (Å²) in [6.45, 7) is 1.19. The maximum Gasteiger partial charge on any atom is 0.339 e. The fourth-order valence-electron chi connectivity index (χ4n) is 1.26. The molecule has 0 saturated heterocycles. The van der Waals surface area contributed by atoms with Crippen molar-refractivity contribution in [2.24, 2.45) is 0 Å². The van der Waals surface area contributed by atoms with Crippen LogP contribution in [0.4, 0.5) is 11.5 Å². The second kappa shape index (κ2) is 5.92. The molecule has 0 saturated carbocycles. The van der Waals surface area contributed by atoms with Crippen molar-refractivity contribution in [2.75, 3.05) is 32.5 Å². The minimum Gasteiger partial charge on any atom is -0.478 e. The van der Waals surface area contributed by atoms with E-state index in [0.717, 1.165) is 12.3 Å². The Hall–Kier alpha value is -2.22. The first-order valence-electron chi connectivity index (χ1n) is 5.18. The van der Waals surface area contributed by atoms with Crippen molar-refractivity contribution in [1.29, 1.82) is 0 Å². The molecule has 0 unspecified atom stereocenters. The van der Waals surface area contributed by atoms with E-state index in [9.17, 15) is 14.9 Å². The van der Waals surface area contributed by atoms with Crippen LogP contribution in [0.3, 0.4) is 0 Å². The van der Waals surface area contributed by atoms with Gasteiger partial charge in [-0.3, -0.25) is 10.1 Å². The second-order valence-electron chi connectivity index (χ2n) is 3.88. The van der Waals surface area contributed by atoms with Crippen molar-refractivity contribution >= 4 is 17.5 Å². The molecule has 1 rings (SSSR count). The largest absolute Gasteiger partial charge is 0.478 e. The van der Waals surface area contributed by atoms with Crippen LogP contribution in [0.2, 0.25) is 0 Å². The number of aromatic carboxylic acids is 1. The van der Waals surface area contributed by atoms with E-state index in [4.69, 9.17) is 5.11 Å². The van der Waals surface area contributed by atoms with Crippen LogP contribution >= 0.6 is 0 Å². The summed E-state index contributed by atoms with van der Waals surface area (Å²) < 4.78 is 0. The number of carboxylic acids is 1. The van der Waals surface area contributed by atoms with Gasteiger partial charge in [0.2, 0.25) is 0 Å². The number of nitrogens with one attached hydrogen (secondary N) is 1. The summed E-state index contributed by atoms with van der Waals surface area (Å²) in [6, 6.07) is 0.993. The molecule has 0 aliphatic heterocycles. The summed E-state index contributed by atoms with van der Waals surface area (Å²) in [6.07, 6.45) is 1.03. The number of anilines is 1. The lowest BCUT2D eigenvalue weighted by molar-refractivity contribution is -0.385. The standard InChI is InChI=1S/C10H14N4O4/c1-13(2)4-3-11-9-8(10(15)16)5-7(6-12-9)14(17)18/h5-6H,3-4H2,1-2H3,(H,11,12)(H,15,16). The Bertz CT molecular complexity index is 461. The lowest BCUT2D eigenvalue weighted by Crippen LogP contribution is -2.22. The lowest BCUT2D eigenvalue weighted by Gasteiger charge is -2.11. The third-order valence-electron chi connectivity index (χ3n) is 2.17. The number of rotatable bonds is 6. The smallest absolute Gasteiger partial charge is 0.339 e. The number of pyridine rings is 1. The normalized spacial score (nSPS) is 10.4. The molecule has 8 heteroatoms. The van der Waals surface area contributed by atoms with Crippen LogP contribution in [0.1, 0.15) is 10.4 Å². The monoisotopic (exact) mass is 254 g/mol. The number of carbonyl (C=O) groups is 1. The zero-order valence-corrected chi connectivity index (χ0v) is 10.1. The van der Waals surface area contributed by atoms with Crippen LogP contribution in [0, 0.1) is 10.1 Å². The van der Waals surface area contributed by atoms with Gasteiger partial charge in [-0.2, -0.15) is 0 Å². The zero-order chi connectivity index (χ0) is 13.7. The van der Waals surface area contributed by atoms with Crippen molar-refractivity contribution in [1.82, 2.24) is 9.88 Å². The van der Waals surface area contributed by atoms with Gasteiger partial charge in [0, 0.05) is 19.2 Å². The van der Waals surface area contributed by atoms with E-state index in [1.54, 1.807) is 0 Å². The summed E-state index contributed by atoms with van der Waals surface area (Å²) in [4.78, 5) is 26.5. The van der Waals surface area contributed by atoms with Gasteiger partial charge in [-0.25, -0.2) is 9.78 Å². The van der Waals surface area contributed by atoms with Crippen molar-refractivity contribution in [3.05, 3.63) is 27.9 Å². The van der Waals surface area contributed by atoms with E-state index in [1.165, 1.54) is 0 Å². The Morgan fingerprint density at radius 1 is 1.61 bits per heavy atom. The van der Waals surface area contributed by atoms with Crippen molar-refractivity contribution in [3.63, 3.8) is 0 Å². The average Bonchev–Trinajstić information content (AvgIpc) is 2.28. The average molecular weight is 254 g/mol. The highest BCUT2D eigenvalue weighted by Gasteiger charge is 2.17. The SMILES string of the molecule is CN(C)CCNc1ncc([N+](=O)[O-])cc1C(=O)O. The van der Waals surface area contributed by atoms with Crippen molar-refractivity contribution in [3.8, 4) is 0 Å². The third-order valence-corrected chi connectivity index (χ3v) is 2.17. The molecule has 8 nitrogen and oxygen atoms in total. The summed E-state index contributed by atoms with van der Waals surface area (Å²) in [5, 5.41) is 22.3. The predicted molar refractivity (Wildman–Crippen MR) is 64.9 cm³/mol. The van der Waals surface area contributed by atoms with E-state index in [0.29, 0.717) is 13.1 Å². The zero-order valence-electron chi connectivity index (χ0n) is 10.1. The van der Waals surface area contributed by atoms with Crippen LogP contribution in [-0.4, -0.2) is 53.1 Å². The number of likely N-dealkylation sites (N-methyl/N-ethyl adjacent to an activating group) is 1. The molecule has 0 fully saturated rings.